The number of hydrogen-bond donors (Lipinski definition) is 2. The van der Waals surface area contributed by atoms with E-state index in [1.165, 1.54) is 4.90 Å². The molecule has 22 heavy (non-hydrogen) atoms. The number of nitrogens with one attached hydrogen (secondary N) is 2. The van der Waals surface area contributed by atoms with Crippen LogP contribution in [0.2, 0.25) is 0 Å². The standard InChI is InChI=1S/C14H25N5O2.HI/c1-4-14(2)5-7-18(10-14)12(15-3)16-6-8-19-11(20)9-17-13(19)21;/h4-10H2,1-3H3,(H,15,16)(H,17,21);1H. The molecule has 0 spiro atoms. The first-order valence-electron chi connectivity index (χ1n) is 7.53. The van der Waals surface area contributed by atoms with Crippen LogP contribution in [0.15, 0.2) is 4.99 Å². The quantitative estimate of drug-likeness (QED) is 0.304. The lowest BCUT2D eigenvalue weighted by atomic mass is 9.87. The minimum Gasteiger partial charge on any atom is -0.354 e. The highest BCUT2D eigenvalue weighted by molar-refractivity contribution is 14.0. The van der Waals surface area contributed by atoms with Crippen molar-refractivity contribution in [2.24, 2.45) is 10.4 Å². The van der Waals surface area contributed by atoms with Crippen LogP contribution in [0.3, 0.4) is 0 Å². The number of carbonyl (C=O) groups excluding carboxylic acids is 2. The molecule has 8 heteroatoms. The molecule has 2 aliphatic rings. The number of nitrogens with zero attached hydrogens (tertiary/aromatic N) is 3. The van der Waals surface area contributed by atoms with Crippen molar-refractivity contribution in [3.05, 3.63) is 0 Å². The molecule has 0 radical (unpaired) electrons. The second-order valence-corrected chi connectivity index (χ2v) is 6.01. The highest BCUT2D eigenvalue weighted by Crippen LogP contribution is 2.32. The van der Waals surface area contributed by atoms with Crippen molar-refractivity contribution in [3.63, 3.8) is 0 Å². The molecule has 0 aromatic heterocycles. The molecule has 0 aromatic rings. The zero-order valence-corrected chi connectivity index (χ0v) is 15.8. The smallest absolute Gasteiger partial charge is 0.324 e. The summed E-state index contributed by atoms with van der Waals surface area (Å²) in [7, 11) is 1.76. The fourth-order valence-electron chi connectivity index (χ4n) is 2.79. The summed E-state index contributed by atoms with van der Waals surface area (Å²) in [6.07, 6.45) is 2.32. The molecular weight excluding hydrogens is 397 g/mol. The van der Waals surface area contributed by atoms with Crippen LogP contribution in [-0.2, 0) is 4.79 Å². The van der Waals surface area contributed by atoms with Gasteiger partial charge in [0, 0.05) is 33.2 Å². The zero-order valence-electron chi connectivity index (χ0n) is 13.5. The molecule has 0 saturated carbocycles. The molecule has 0 aromatic carbocycles. The highest BCUT2D eigenvalue weighted by Gasteiger charge is 2.33. The van der Waals surface area contributed by atoms with Crippen LogP contribution >= 0.6 is 24.0 Å². The minimum atomic E-state index is -0.309. The van der Waals surface area contributed by atoms with Gasteiger partial charge in [-0.05, 0) is 18.3 Å². The predicted octanol–water partition coefficient (Wildman–Crippen LogP) is 0.854. The Bertz CT molecular complexity index is 441. The van der Waals surface area contributed by atoms with Crippen molar-refractivity contribution in [2.75, 3.05) is 39.8 Å². The number of halogens is 1. The fourth-order valence-corrected chi connectivity index (χ4v) is 2.79. The number of carbonyl (C=O) groups is 2. The number of amides is 3. The van der Waals surface area contributed by atoms with Gasteiger partial charge < -0.3 is 15.5 Å². The molecule has 2 rings (SSSR count). The summed E-state index contributed by atoms with van der Waals surface area (Å²) in [5, 5.41) is 5.76. The van der Waals surface area contributed by atoms with Crippen LogP contribution in [0, 0.1) is 5.41 Å². The van der Waals surface area contributed by atoms with E-state index in [1.54, 1.807) is 7.05 Å². The van der Waals surface area contributed by atoms with Gasteiger partial charge in [-0.2, -0.15) is 0 Å². The average Bonchev–Trinajstić information content (AvgIpc) is 3.01. The Kier molecular flexibility index (Phi) is 6.89. The van der Waals surface area contributed by atoms with Gasteiger partial charge in [0.15, 0.2) is 5.96 Å². The normalized spacial score (nSPS) is 25.3. The summed E-state index contributed by atoms with van der Waals surface area (Å²) in [6.45, 7) is 7.49. The fraction of sp³-hybridized carbons (Fsp3) is 0.786. The van der Waals surface area contributed by atoms with Gasteiger partial charge in [-0.15, -0.1) is 24.0 Å². The van der Waals surface area contributed by atoms with Gasteiger partial charge in [0.2, 0.25) is 5.91 Å². The van der Waals surface area contributed by atoms with Gasteiger partial charge >= 0.3 is 6.03 Å². The largest absolute Gasteiger partial charge is 0.354 e. The number of rotatable bonds is 4. The van der Waals surface area contributed by atoms with Crippen molar-refractivity contribution in [1.29, 1.82) is 0 Å². The lowest BCUT2D eigenvalue weighted by Gasteiger charge is -2.25. The maximum atomic E-state index is 11.5. The molecule has 2 aliphatic heterocycles. The summed E-state index contributed by atoms with van der Waals surface area (Å²) in [5.74, 6) is 0.677. The van der Waals surface area contributed by atoms with Crippen LogP contribution in [0.5, 0.6) is 0 Å². The molecule has 0 bridgehead atoms. The van der Waals surface area contributed by atoms with Gasteiger partial charge in [-0.3, -0.25) is 14.7 Å². The summed E-state index contributed by atoms with van der Waals surface area (Å²) in [6, 6.07) is -0.309. The van der Waals surface area contributed by atoms with Crippen molar-refractivity contribution in [1.82, 2.24) is 20.4 Å². The first-order valence-corrected chi connectivity index (χ1v) is 7.53. The molecule has 7 nitrogen and oxygen atoms in total. The number of hydrogen-bond acceptors (Lipinski definition) is 3. The number of guanidine groups is 1. The zero-order chi connectivity index (χ0) is 15.5. The monoisotopic (exact) mass is 423 g/mol. The first-order chi connectivity index (χ1) is 9.99. The van der Waals surface area contributed by atoms with E-state index < -0.39 is 0 Å². The van der Waals surface area contributed by atoms with Crippen molar-refractivity contribution in [2.45, 2.75) is 26.7 Å². The van der Waals surface area contributed by atoms with Crippen molar-refractivity contribution < 1.29 is 9.59 Å². The molecule has 2 saturated heterocycles. The van der Waals surface area contributed by atoms with Gasteiger partial charge in [-0.1, -0.05) is 13.8 Å². The second-order valence-electron chi connectivity index (χ2n) is 6.01. The predicted molar refractivity (Wildman–Crippen MR) is 96.5 cm³/mol. The molecule has 3 amide bonds. The van der Waals surface area contributed by atoms with E-state index in [1.807, 2.05) is 0 Å². The Hall–Kier alpha value is -1.06. The van der Waals surface area contributed by atoms with Gasteiger partial charge in [-0.25, -0.2) is 4.79 Å². The highest BCUT2D eigenvalue weighted by atomic mass is 127. The van der Waals surface area contributed by atoms with E-state index in [0.29, 0.717) is 18.5 Å². The molecule has 2 fully saturated rings. The number of urea groups is 1. The lowest BCUT2D eigenvalue weighted by Crippen LogP contribution is -2.45. The summed E-state index contributed by atoms with van der Waals surface area (Å²) < 4.78 is 0. The van der Waals surface area contributed by atoms with E-state index >= 15 is 0 Å². The summed E-state index contributed by atoms with van der Waals surface area (Å²) in [5.41, 5.74) is 0.350. The van der Waals surface area contributed by atoms with E-state index in [-0.39, 0.29) is 42.5 Å². The van der Waals surface area contributed by atoms with Gasteiger partial charge in [0.25, 0.3) is 0 Å². The van der Waals surface area contributed by atoms with E-state index in [2.05, 4.69) is 34.4 Å². The molecule has 1 atom stereocenters. The molecule has 2 N–H and O–H groups in total. The second kappa shape index (κ2) is 7.98. The Balaban J connectivity index is 0.00000242. The summed E-state index contributed by atoms with van der Waals surface area (Å²) >= 11 is 0. The molecule has 2 heterocycles. The number of imide groups is 1. The lowest BCUT2D eigenvalue weighted by molar-refractivity contribution is -0.124. The number of likely N-dealkylation sites (tertiary alicyclic amines) is 1. The topological polar surface area (TPSA) is 77.0 Å². The Morgan fingerprint density at radius 3 is 2.68 bits per heavy atom. The number of aliphatic imine (C=N–C) groups is 1. The maximum absolute atomic E-state index is 11.5. The average molecular weight is 423 g/mol. The van der Waals surface area contributed by atoms with Gasteiger partial charge in [0.1, 0.15) is 0 Å². The third-order valence-electron chi connectivity index (χ3n) is 4.48. The SMILES string of the molecule is CCC1(C)CCN(C(=NC)NCCN2C(=O)CNC2=O)C1.I. The maximum Gasteiger partial charge on any atom is 0.324 e. The molecule has 0 aliphatic carbocycles. The molecular formula is C14H26IN5O2. The van der Waals surface area contributed by atoms with Crippen molar-refractivity contribution >= 4 is 41.9 Å². The summed E-state index contributed by atoms with van der Waals surface area (Å²) in [4.78, 5) is 30.7. The Morgan fingerprint density at radius 2 is 2.18 bits per heavy atom. The first kappa shape index (κ1) is 19.0. The minimum absolute atomic E-state index is 0. The van der Waals surface area contributed by atoms with Crippen LogP contribution in [-0.4, -0.2) is 67.5 Å². The molecule has 126 valence electrons. The Morgan fingerprint density at radius 1 is 1.45 bits per heavy atom. The van der Waals surface area contributed by atoms with Crippen molar-refractivity contribution in [3.8, 4) is 0 Å². The van der Waals surface area contributed by atoms with Crippen LogP contribution in [0.4, 0.5) is 4.79 Å². The van der Waals surface area contributed by atoms with Crippen LogP contribution in [0.1, 0.15) is 26.7 Å². The van der Waals surface area contributed by atoms with E-state index in [4.69, 9.17) is 0 Å². The van der Waals surface area contributed by atoms with E-state index in [9.17, 15) is 9.59 Å². The third-order valence-corrected chi connectivity index (χ3v) is 4.48. The molecule has 1 unspecified atom stereocenters. The van der Waals surface area contributed by atoms with Crippen LogP contribution < -0.4 is 10.6 Å². The third kappa shape index (κ3) is 4.23. The van der Waals surface area contributed by atoms with E-state index in [0.717, 1.165) is 31.9 Å². The van der Waals surface area contributed by atoms with Gasteiger partial charge in [0.05, 0.1) is 6.54 Å². The Labute approximate surface area is 148 Å². The van der Waals surface area contributed by atoms with Crippen LogP contribution in [0.25, 0.3) is 0 Å².